The molecule has 0 aliphatic carbocycles. The molecule has 0 aromatic heterocycles. The zero-order chi connectivity index (χ0) is 18.9. The molecule has 8 nitrogen and oxygen atoms in total. The van der Waals surface area contributed by atoms with E-state index in [2.05, 4.69) is 10.6 Å². The highest BCUT2D eigenvalue weighted by Gasteiger charge is 2.39. The molecular formula is C18H24N4O4. The van der Waals surface area contributed by atoms with Crippen molar-refractivity contribution < 1.29 is 19.5 Å². The number of carbonyl (C=O) groups is 3. The van der Waals surface area contributed by atoms with Crippen molar-refractivity contribution >= 4 is 17.7 Å². The van der Waals surface area contributed by atoms with Gasteiger partial charge in [-0.3, -0.25) is 19.7 Å². The standard InChI is InChI=1S/C18H24N4O4/c1-18(26,9-19)10-20-7-11-3-2-4-12-8-22(17(25)15(11)12)13-5-6-14(23)21-16(13)24/h2-4,13,20,26H,5-10,19H2,1H3,(H,21,23,24). The van der Waals surface area contributed by atoms with E-state index in [1.54, 1.807) is 6.92 Å². The van der Waals surface area contributed by atoms with Crippen LogP contribution in [0.15, 0.2) is 18.2 Å². The Labute approximate surface area is 151 Å². The van der Waals surface area contributed by atoms with Gasteiger partial charge in [0.15, 0.2) is 0 Å². The zero-order valence-electron chi connectivity index (χ0n) is 14.7. The molecule has 140 valence electrons. The van der Waals surface area contributed by atoms with Crippen molar-refractivity contribution in [2.45, 2.75) is 44.5 Å². The average Bonchev–Trinajstić information content (AvgIpc) is 2.92. The van der Waals surface area contributed by atoms with Crippen LogP contribution in [0, 0.1) is 0 Å². The summed E-state index contributed by atoms with van der Waals surface area (Å²) in [6, 6.07) is 4.98. The smallest absolute Gasteiger partial charge is 0.255 e. The summed E-state index contributed by atoms with van der Waals surface area (Å²) in [5, 5.41) is 15.4. The van der Waals surface area contributed by atoms with Gasteiger partial charge >= 0.3 is 0 Å². The minimum atomic E-state index is -1.01. The molecule has 0 radical (unpaired) electrons. The van der Waals surface area contributed by atoms with Gasteiger partial charge in [-0.25, -0.2) is 0 Å². The number of aliphatic hydroxyl groups is 1. The maximum atomic E-state index is 12.9. The van der Waals surface area contributed by atoms with Crippen LogP contribution >= 0.6 is 0 Å². The summed E-state index contributed by atoms with van der Waals surface area (Å²) in [6.07, 6.45) is 0.580. The summed E-state index contributed by atoms with van der Waals surface area (Å²) < 4.78 is 0. The van der Waals surface area contributed by atoms with Gasteiger partial charge in [0.1, 0.15) is 6.04 Å². The summed E-state index contributed by atoms with van der Waals surface area (Å²) in [7, 11) is 0. The van der Waals surface area contributed by atoms with E-state index in [0.29, 0.717) is 31.6 Å². The van der Waals surface area contributed by atoms with E-state index in [4.69, 9.17) is 5.73 Å². The number of rotatable bonds is 6. The quantitative estimate of drug-likeness (QED) is 0.495. The Hall–Kier alpha value is -2.29. The van der Waals surface area contributed by atoms with Crippen LogP contribution in [0.3, 0.4) is 0 Å². The molecule has 1 fully saturated rings. The molecule has 3 amide bonds. The van der Waals surface area contributed by atoms with Crippen molar-refractivity contribution in [2.24, 2.45) is 5.73 Å². The Kier molecular flexibility index (Phi) is 5.08. The van der Waals surface area contributed by atoms with Crippen LogP contribution < -0.4 is 16.4 Å². The molecule has 2 aliphatic rings. The highest BCUT2D eigenvalue weighted by Crippen LogP contribution is 2.29. The van der Waals surface area contributed by atoms with Gasteiger partial charge < -0.3 is 21.1 Å². The lowest BCUT2D eigenvalue weighted by atomic mass is 10.0. The first-order valence-corrected chi connectivity index (χ1v) is 8.71. The minimum absolute atomic E-state index is 0.134. The predicted molar refractivity (Wildman–Crippen MR) is 93.9 cm³/mol. The van der Waals surface area contributed by atoms with E-state index in [-0.39, 0.29) is 24.8 Å². The Morgan fingerprint density at radius 1 is 1.38 bits per heavy atom. The van der Waals surface area contributed by atoms with E-state index < -0.39 is 17.6 Å². The van der Waals surface area contributed by atoms with Crippen LogP contribution in [0.4, 0.5) is 0 Å². The number of hydrogen-bond donors (Lipinski definition) is 4. The Morgan fingerprint density at radius 2 is 2.15 bits per heavy atom. The van der Waals surface area contributed by atoms with Crippen LogP contribution in [0.25, 0.3) is 0 Å². The highest BCUT2D eigenvalue weighted by atomic mass is 16.3. The molecule has 2 aliphatic heterocycles. The predicted octanol–water partition coefficient (Wildman–Crippen LogP) is -0.753. The second kappa shape index (κ2) is 7.14. The van der Waals surface area contributed by atoms with Gasteiger partial charge in [-0.05, 0) is 24.5 Å². The number of hydrogen-bond acceptors (Lipinski definition) is 6. The van der Waals surface area contributed by atoms with Crippen molar-refractivity contribution in [1.82, 2.24) is 15.5 Å². The molecular weight excluding hydrogens is 336 g/mol. The van der Waals surface area contributed by atoms with Crippen molar-refractivity contribution in [3.05, 3.63) is 34.9 Å². The first-order valence-electron chi connectivity index (χ1n) is 8.71. The van der Waals surface area contributed by atoms with Gasteiger partial charge in [0.05, 0.1) is 5.60 Å². The largest absolute Gasteiger partial charge is 0.388 e. The number of amides is 3. The molecule has 1 saturated heterocycles. The molecule has 5 N–H and O–H groups in total. The number of fused-ring (bicyclic) bond motifs is 1. The third kappa shape index (κ3) is 3.62. The van der Waals surface area contributed by atoms with E-state index in [1.807, 2.05) is 18.2 Å². The summed E-state index contributed by atoms with van der Waals surface area (Å²) in [4.78, 5) is 37.9. The summed E-state index contributed by atoms with van der Waals surface area (Å²) in [5.74, 6) is -0.911. The number of nitrogens with one attached hydrogen (secondary N) is 2. The molecule has 8 heteroatoms. The Bertz CT molecular complexity index is 747. The lowest BCUT2D eigenvalue weighted by Crippen LogP contribution is -2.52. The first kappa shape index (κ1) is 18.5. The monoisotopic (exact) mass is 360 g/mol. The molecule has 26 heavy (non-hydrogen) atoms. The molecule has 0 bridgehead atoms. The second-order valence-electron chi connectivity index (χ2n) is 7.16. The fourth-order valence-electron chi connectivity index (χ4n) is 3.38. The van der Waals surface area contributed by atoms with Crippen molar-refractivity contribution in [3.8, 4) is 0 Å². The number of benzene rings is 1. The number of piperidine rings is 1. The molecule has 1 aromatic carbocycles. The van der Waals surface area contributed by atoms with Crippen LogP contribution in [-0.2, 0) is 22.7 Å². The molecule has 2 unspecified atom stereocenters. The fourth-order valence-corrected chi connectivity index (χ4v) is 3.38. The lowest BCUT2D eigenvalue weighted by molar-refractivity contribution is -0.136. The van der Waals surface area contributed by atoms with Crippen LogP contribution in [0.2, 0.25) is 0 Å². The van der Waals surface area contributed by atoms with Crippen LogP contribution in [0.1, 0.15) is 41.3 Å². The number of nitrogens with zero attached hydrogens (tertiary/aromatic N) is 1. The molecule has 2 heterocycles. The number of imide groups is 1. The maximum Gasteiger partial charge on any atom is 0.255 e. The van der Waals surface area contributed by atoms with Crippen LogP contribution in [0.5, 0.6) is 0 Å². The Morgan fingerprint density at radius 3 is 2.85 bits per heavy atom. The van der Waals surface area contributed by atoms with Gasteiger partial charge in [-0.15, -0.1) is 0 Å². The zero-order valence-corrected chi connectivity index (χ0v) is 14.7. The summed E-state index contributed by atoms with van der Waals surface area (Å²) in [6.45, 7) is 2.85. The maximum absolute atomic E-state index is 12.9. The van der Waals surface area contributed by atoms with Gasteiger partial charge in [0.25, 0.3) is 5.91 Å². The van der Waals surface area contributed by atoms with Gasteiger partial charge in [-0.1, -0.05) is 18.2 Å². The molecule has 0 saturated carbocycles. The fraction of sp³-hybridized carbons (Fsp3) is 0.500. The van der Waals surface area contributed by atoms with E-state index in [0.717, 1.165) is 11.1 Å². The SMILES string of the molecule is CC(O)(CN)CNCc1cccc2c1C(=O)N(C1CCC(=O)NC1=O)C2. The van der Waals surface area contributed by atoms with E-state index in [1.165, 1.54) is 4.90 Å². The average molecular weight is 360 g/mol. The second-order valence-corrected chi connectivity index (χ2v) is 7.16. The van der Waals surface area contributed by atoms with Gasteiger partial charge in [-0.2, -0.15) is 0 Å². The third-order valence-electron chi connectivity index (χ3n) is 4.90. The molecule has 1 aromatic rings. The summed E-state index contributed by atoms with van der Waals surface area (Å²) >= 11 is 0. The van der Waals surface area contributed by atoms with Crippen LogP contribution in [-0.4, -0.2) is 52.5 Å². The van der Waals surface area contributed by atoms with Crippen molar-refractivity contribution in [1.29, 1.82) is 0 Å². The molecule has 2 atom stereocenters. The lowest BCUT2D eigenvalue weighted by Gasteiger charge is -2.29. The first-order chi connectivity index (χ1) is 12.3. The van der Waals surface area contributed by atoms with Crippen molar-refractivity contribution in [2.75, 3.05) is 13.1 Å². The van der Waals surface area contributed by atoms with Crippen molar-refractivity contribution in [3.63, 3.8) is 0 Å². The van der Waals surface area contributed by atoms with Gasteiger partial charge in [0.2, 0.25) is 11.8 Å². The normalized spacial score (nSPS) is 22.2. The van der Waals surface area contributed by atoms with E-state index in [9.17, 15) is 19.5 Å². The van der Waals surface area contributed by atoms with Gasteiger partial charge in [0, 0.05) is 38.2 Å². The number of nitrogens with two attached hydrogens (primary N) is 1. The molecule has 3 rings (SSSR count). The Balaban J connectivity index is 1.74. The topological polar surface area (TPSA) is 125 Å². The third-order valence-corrected chi connectivity index (χ3v) is 4.90. The minimum Gasteiger partial charge on any atom is -0.388 e. The summed E-state index contributed by atoms with van der Waals surface area (Å²) in [5.41, 5.74) is 6.77. The highest BCUT2D eigenvalue weighted by molar-refractivity contribution is 6.05. The van der Waals surface area contributed by atoms with E-state index >= 15 is 0 Å². The number of carbonyl (C=O) groups excluding carboxylic acids is 3. The molecule has 0 spiro atoms.